The number of amides is 1. The van der Waals surface area contributed by atoms with Crippen molar-refractivity contribution in [1.82, 2.24) is 15.3 Å². The van der Waals surface area contributed by atoms with Crippen molar-refractivity contribution in [3.8, 4) is 33.5 Å². The molecule has 0 unspecified atom stereocenters. The van der Waals surface area contributed by atoms with Crippen LogP contribution in [0.2, 0.25) is 5.02 Å². The summed E-state index contributed by atoms with van der Waals surface area (Å²) in [5.41, 5.74) is 9.25. The molecule has 1 atom stereocenters. The number of carbonyl (C=O) groups excluding carboxylic acids is 2. The van der Waals surface area contributed by atoms with Gasteiger partial charge in [-0.05, 0) is 49.6 Å². The quantitative estimate of drug-likeness (QED) is 0.0632. The van der Waals surface area contributed by atoms with E-state index in [4.69, 9.17) is 43.3 Å². The maximum atomic E-state index is 11.9. The number of carbonyl (C=O) groups is 2. The van der Waals surface area contributed by atoms with Gasteiger partial charge in [0.2, 0.25) is 11.6 Å². The number of pyridine rings is 1. The van der Waals surface area contributed by atoms with Crippen LogP contribution in [0.5, 0.6) is 5.75 Å². The molecule has 11 nitrogen and oxygen atoms in total. The number of anilines is 1. The highest BCUT2D eigenvalue weighted by molar-refractivity contribution is 7.98. The fraction of sp³-hybridized carbons (Fsp3) is 0.314. The lowest BCUT2D eigenvalue weighted by Gasteiger charge is -2.22. The van der Waals surface area contributed by atoms with E-state index in [-0.39, 0.29) is 32.1 Å². The van der Waals surface area contributed by atoms with Gasteiger partial charge in [-0.1, -0.05) is 47.6 Å². The fourth-order valence-electron chi connectivity index (χ4n) is 5.08. The standard InChI is InChI=1S/C35H34ClN7O4S2/c1-22(38)33(45)40-14-13-29(44)47-18-17-46-27-11-7-23(8-12-27)30-28(19-37)35(42-32(31(30)39-2)43-15-3-4-16-43)49-21-26-20-48-34(41-26)24-5-9-25(36)10-6-24/h5-12,20,22H,3-4,13-18,21,38H2,1H3,(H,40,45)/t22-/m0/s1. The first kappa shape index (κ1) is 35.6. The van der Waals surface area contributed by atoms with Crippen molar-refractivity contribution >= 4 is 58.1 Å². The summed E-state index contributed by atoms with van der Waals surface area (Å²) in [6.45, 7) is 11.6. The number of nitriles is 1. The normalized spacial score (nSPS) is 13.0. The maximum Gasteiger partial charge on any atom is 0.307 e. The molecule has 1 fully saturated rings. The van der Waals surface area contributed by atoms with Crippen molar-refractivity contribution in [3.05, 3.63) is 81.6 Å². The zero-order valence-corrected chi connectivity index (χ0v) is 29.2. The summed E-state index contributed by atoms with van der Waals surface area (Å²) in [6, 6.07) is 16.4. The van der Waals surface area contributed by atoms with E-state index in [1.54, 1.807) is 30.4 Å². The molecule has 2 aromatic carbocycles. The Hall–Kier alpha value is -4.66. The summed E-state index contributed by atoms with van der Waals surface area (Å²) in [6.07, 6.45) is 2.04. The predicted molar refractivity (Wildman–Crippen MR) is 192 cm³/mol. The summed E-state index contributed by atoms with van der Waals surface area (Å²) in [5, 5.41) is 17.1. The Morgan fingerprint density at radius 1 is 1.14 bits per heavy atom. The Labute approximate surface area is 298 Å². The first-order valence-electron chi connectivity index (χ1n) is 15.6. The number of hydrogen-bond acceptors (Lipinski definition) is 11. The van der Waals surface area contributed by atoms with E-state index in [0.29, 0.717) is 49.7 Å². The highest BCUT2D eigenvalue weighted by Gasteiger charge is 2.26. The van der Waals surface area contributed by atoms with Gasteiger partial charge >= 0.3 is 5.97 Å². The van der Waals surface area contributed by atoms with Crippen LogP contribution in [0, 0.1) is 17.9 Å². The number of thioether (sulfide) groups is 1. The first-order valence-corrected chi connectivity index (χ1v) is 17.9. The van der Waals surface area contributed by atoms with E-state index in [1.165, 1.54) is 11.8 Å². The van der Waals surface area contributed by atoms with Gasteiger partial charge < -0.3 is 25.4 Å². The van der Waals surface area contributed by atoms with E-state index < -0.39 is 12.0 Å². The second kappa shape index (κ2) is 17.1. The van der Waals surface area contributed by atoms with E-state index >= 15 is 0 Å². The lowest BCUT2D eigenvalue weighted by molar-refractivity contribution is -0.144. The number of esters is 1. The molecular weight excluding hydrogens is 682 g/mol. The molecule has 1 aliphatic rings. The van der Waals surface area contributed by atoms with E-state index in [0.717, 1.165) is 42.2 Å². The van der Waals surface area contributed by atoms with Crippen molar-refractivity contribution in [2.75, 3.05) is 37.7 Å². The molecule has 5 rings (SSSR count). The van der Waals surface area contributed by atoms with Gasteiger partial charge in [-0.2, -0.15) is 5.26 Å². The van der Waals surface area contributed by atoms with Crippen molar-refractivity contribution in [3.63, 3.8) is 0 Å². The van der Waals surface area contributed by atoms with Crippen LogP contribution >= 0.6 is 34.7 Å². The van der Waals surface area contributed by atoms with Crippen LogP contribution in [0.1, 0.15) is 37.4 Å². The number of thiazole rings is 1. The highest BCUT2D eigenvalue weighted by Crippen LogP contribution is 2.45. The van der Waals surface area contributed by atoms with Gasteiger partial charge in [0.05, 0.1) is 30.3 Å². The third-order valence-electron chi connectivity index (χ3n) is 7.55. The molecule has 0 bridgehead atoms. The number of nitrogens with two attached hydrogens (primary N) is 1. The minimum absolute atomic E-state index is 0.0254. The van der Waals surface area contributed by atoms with Crippen molar-refractivity contribution in [2.45, 2.75) is 43.0 Å². The number of halogens is 1. The molecule has 4 aromatic rings. The molecule has 0 spiro atoms. The van der Waals surface area contributed by atoms with Gasteiger partial charge in [-0.3, -0.25) is 9.59 Å². The number of nitrogens with one attached hydrogen (secondary N) is 1. The third kappa shape index (κ3) is 9.28. The number of rotatable bonds is 14. The van der Waals surface area contributed by atoms with Crippen LogP contribution in [0.15, 0.2) is 58.9 Å². The fourth-order valence-corrected chi connectivity index (χ4v) is 7.01. The van der Waals surface area contributed by atoms with Gasteiger partial charge in [0, 0.05) is 46.9 Å². The summed E-state index contributed by atoms with van der Waals surface area (Å²) < 4.78 is 10.9. The second-order valence-electron chi connectivity index (χ2n) is 11.1. The lowest BCUT2D eigenvalue weighted by Crippen LogP contribution is -2.39. The molecule has 1 aliphatic heterocycles. The third-order valence-corrected chi connectivity index (χ3v) is 9.75. The van der Waals surface area contributed by atoms with Gasteiger partial charge in [0.15, 0.2) is 0 Å². The molecule has 49 heavy (non-hydrogen) atoms. The van der Waals surface area contributed by atoms with Crippen LogP contribution in [-0.2, 0) is 20.1 Å². The van der Waals surface area contributed by atoms with Crippen LogP contribution < -0.4 is 20.7 Å². The SMILES string of the molecule is [C-]#[N+]c1c(N2CCCC2)nc(SCc2csc(-c3ccc(Cl)cc3)n2)c(C#N)c1-c1ccc(OCCOC(=O)CCNC(=O)[C@H](C)N)cc1. The molecule has 0 radical (unpaired) electrons. The van der Waals surface area contributed by atoms with Gasteiger partial charge in [-0.25, -0.2) is 14.8 Å². The van der Waals surface area contributed by atoms with Gasteiger partial charge in [-0.15, -0.1) is 11.3 Å². The molecule has 2 aromatic heterocycles. The monoisotopic (exact) mass is 715 g/mol. The molecule has 14 heteroatoms. The van der Waals surface area contributed by atoms with Crippen LogP contribution in [0.3, 0.4) is 0 Å². The smallest absolute Gasteiger partial charge is 0.307 e. The van der Waals surface area contributed by atoms with Crippen molar-refractivity contribution < 1.29 is 19.1 Å². The zero-order valence-electron chi connectivity index (χ0n) is 26.8. The Balaban J connectivity index is 1.30. The molecule has 3 N–H and O–H groups in total. The van der Waals surface area contributed by atoms with E-state index in [9.17, 15) is 14.9 Å². The molecule has 252 valence electrons. The Morgan fingerprint density at radius 3 is 2.53 bits per heavy atom. The summed E-state index contributed by atoms with van der Waals surface area (Å²) >= 11 is 9.02. The Kier molecular flexibility index (Phi) is 12.5. The second-order valence-corrected chi connectivity index (χ2v) is 13.4. The van der Waals surface area contributed by atoms with Crippen molar-refractivity contribution in [1.29, 1.82) is 5.26 Å². The van der Waals surface area contributed by atoms with Crippen LogP contribution in [0.25, 0.3) is 26.5 Å². The predicted octanol–water partition coefficient (Wildman–Crippen LogP) is 6.62. The van der Waals surface area contributed by atoms with Crippen LogP contribution in [-0.4, -0.2) is 60.7 Å². The molecule has 1 amide bonds. The first-order chi connectivity index (χ1) is 23.8. The minimum atomic E-state index is -0.647. The number of ether oxygens (including phenoxy) is 2. The number of benzene rings is 2. The van der Waals surface area contributed by atoms with E-state index in [1.807, 2.05) is 41.8 Å². The summed E-state index contributed by atoms with van der Waals surface area (Å²) in [5.74, 6) is 0.829. The molecule has 3 heterocycles. The minimum Gasteiger partial charge on any atom is -0.490 e. The average Bonchev–Trinajstić information content (AvgIpc) is 3.82. The summed E-state index contributed by atoms with van der Waals surface area (Å²) in [7, 11) is 0. The molecule has 1 saturated heterocycles. The number of aromatic nitrogens is 2. The largest absolute Gasteiger partial charge is 0.490 e. The molecular formula is C35H34ClN7O4S2. The summed E-state index contributed by atoms with van der Waals surface area (Å²) in [4.78, 5) is 39.2. The van der Waals surface area contributed by atoms with Crippen LogP contribution in [0.4, 0.5) is 11.5 Å². The lowest BCUT2D eigenvalue weighted by atomic mass is 9.99. The molecule has 0 saturated carbocycles. The van der Waals surface area contributed by atoms with E-state index in [2.05, 4.69) is 21.1 Å². The van der Waals surface area contributed by atoms with Crippen molar-refractivity contribution in [2.24, 2.45) is 5.73 Å². The highest BCUT2D eigenvalue weighted by atomic mass is 35.5. The van der Waals surface area contributed by atoms with Gasteiger partial charge in [0.25, 0.3) is 0 Å². The zero-order chi connectivity index (χ0) is 34.8. The number of hydrogen-bond donors (Lipinski definition) is 2. The Morgan fingerprint density at radius 2 is 1.86 bits per heavy atom. The Bertz CT molecular complexity index is 1860. The van der Waals surface area contributed by atoms with Gasteiger partial charge in [0.1, 0.15) is 40.9 Å². The molecule has 0 aliphatic carbocycles. The topological polar surface area (TPSA) is 148 Å². The number of nitrogens with zero attached hydrogens (tertiary/aromatic N) is 5. The maximum absolute atomic E-state index is 11.9. The average molecular weight is 716 g/mol.